The van der Waals surface area contributed by atoms with E-state index in [9.17, 15) is 9.59 Å². The van der Waals surface area contributed by atoms with Crippen LogP contribution in [0.15, 0.2) is 64.3 Å². The number of ether oxygens (including phenoxy) is 1. The highest BCUT2D eigenvalue weighted by molar-refractivity contribution is 6.30. The average molecular weight is 436 g/mol. The van der Waals surface area contributed by atoms with E-state index in [1.54, 1.807) is 36.8 Å². The summed E-state index contributed by atoms with van der Waals surface area (Å²) in [6, 6.07) is 15.1. The third kappa shape index (κ3) is 2.72. The summed E-state index contributed by atoms with van der Waals surface area (Å²) in [5.74, 6) is 1.06. The Bertz CT molecular complexity index is 1590. The molecule has 0 saturated carbocycles. The molecule has 156 valence electrons. The van der Waals surface area contributed by atoms with Gasteiger partial charge in [-0.15, -0.1) is 0 Å². The van der Waals surface area contributed by atoms with E-state index in [4.69, 9.17) is 16.3 Å². The molecule has 3 heterocycles. The zero-order valence-corrected chi connectivity index (χ0v) is 17.8. The van der Waals surface area contributed by atoms with Crippen molar-refractivity contribution in [3.8, 4) is 22.7 Å². The zero-order valence-electron chi connectivity index (χ0n) is 17.0. The van der Waals surface area contributed by atoms with Crippen LogP contribution >= 0.6 is 11.6 Å². The molecular formula is C22H18ClN5O3. The smallest absolute Gasteiger partial charge is 0.332 e. The third-order valence-corrected chi connectivity index (χ3v) is 5.65. The number of aromatic nitrogens is 5. The molecule has 5 aromatic rings. The van der Waals surface area contributed by atoms with E-state index < -0.39 is 11.2 Å². The molecule has 3 aromatic heterocycles. The van der Waals surface area contributed by atoms with Gasteiger partial charge in [-0.1, -0.05) is 41.9 Å². The molecule has 5 rings (SSSR count). The van der Waals surface area contributed by atoms with E-state index in [1.807, 2.05) is 41.1 Å². The lowest BCUT2D eigenvalue weighted by molar-refractivity contribution is 0.413. The largest absolute Gasteiger partial charge is 0.495 e. The van der Waals surface area contributed by atoms with E-state index in [1.165, 1.54) is 11.6 Å². The van der Waals surface area contributed by atoms with Gasteiger partial charge < -0.3 is 4.74 Å². The summed E-state index contributed by atoms with van der Waals surface area (Å²) in [6.07, 6.45) is 1.84. The van der Waals surface area contributed by atoms with Crippen molar-refractivity contribution in [3.63, 3.8) is 0 Å². The van der Waals surface area contributed by atoms with Gasteiger partial charge in [-0.05, 0) is 18.2 Å². The number of hydrogen-bond donors (Lipinski definition) is 0. The molecule has 0 bridgehead atoms. The topological polar surface area (TPSA) is 75.5 Å². The zero-order chi connectivity index (χ0) is 21.9. The summed E-state index contributed by atoms with van der Waals surface area (Å²) in [5, 5.41) is 0.529. The molecular weight excluding hydrogens is 418 g/mol. The Balaban J connectivity index is 2.01. The number of fused-ring (bicyclic) bond motifs is 3. The van der Waals surface area contributed by atoms with Crippen LogP contribution in [-0.4, -0.2) is 30.2 Å². The number of nitrogens with zero attached hydrogens (tertiary/aromatic N) is 5. The Labute approximate surface area is 181 Å². The van der Waals surface area contributed by atoms with Crippen molar-refractivity contribution < 1.29 is 4.74 Å². The predicted molar refractivity (Wildman–Crippen MR) is 120 cm³/mol. The minimum Gasteiger partial charge on any atom is -0.495 e. The van der Waals surface area contributed by atoms with E-state index in [-0.39, 0.29) is 0 Å². The maximum atomic E-state index is 13.0. The van der Waals surface area contributed by atoms with Gasteiger partial charge in [0.25, 0.3) is 5.56 Å². The van der Waals surface area contributed by atoms with Crippen molar-refractivity contribution >= 4 is 28.5 Å². The quantitative estimate of drug-likeness (QED) is 0.436. The van der Waals surface area contributed by atoms with Crippen LogP contribution in [0.4, 0.5) is 0 Å². The van der Waals surface area contributed by atoms with Crippen LogP contribution in [0.25, 0.3) is 33.9 Å². The van der Waals surface area contributed by atoms with Crippen molar-refractivity contribution in [2.24, 2.45) is 14.1 Å². The summed E-state index contributed by atoms with van der Waals surface area (Å²) in [4.78, 5) is 30.1. The number of aryl methyl sites for hydroxylation is 1. The molecule has 0 fully saturated rings. The number of halogens is 1. The van der Waals surface area contributed by atoms with Gasteiger partial charge in [0.2, 0.25) is 5.78 Å². The van der Waals surface area contributed by atoms with Crippen LogP contribution < -0.4 is 16.0 Å². The number of methoxy groups -OCH3 is 1. The number of benzene rings is 2. The van der Waals surface area contributed by atoms with Crippen LogP contribution in [0, 0.1) is 0 Å². The van der Waals surface area contributed by atoms with Gasteiger partial charge in [0.05, 0.1) is 18.5 Å². The molecule has 0 unspecified atom stereocenters. The van der Waals surface area contributed by atoms with Gasteiger partial charge in [0, 0.05) is 30.9 Å². The normalized spacial score (nSPS) is 11.5. The summed E-state index contributed by atoms with van der Waals surface area (Å²) in [5.41, 5.74) is 2.15. The van der Waals surface area contributed by atoms with Crippen molar-refractivity contribution in [1.82, 2.24) is 23.1 Å². The summed E-state index contributed by atoms with van der Waals surface area (Å²) >= 11 is 6.32. The molecule has 0 aliphatic heterocycles. The van der Waals surface area contributed by atoms with Crippen LogP contribution in [0.1, 0.15) is 0 Å². The molecule has 0 saturated heterocycles. The first-order valence-electron chi connectivity index (χ1n) is 9.51. The van der Waals surface area contributed by atoms with Gasteiger partial charge in [-0.2, -0.15) is 4.98 Å². The first-order chi connectivity index (χ1) is 14.9. The van der Waals surface area contributed by atoms with E-state index in [0.29, 0.717) is 33.4 Å². The predicted octanol–water partition coefficient (Wildman–Crippen LogP) is 3.00. The minimum atomic E-state index is -0.437. The molecule has 9 heteroatoms. The number of rotatable bonds is 3. The molecule has 0 radical (unpaired) electrons. The van der Waals surface area contributed by atoms with Crippen molar-refractivity contribution in [1.29, 1.82) is 0 Å². The van der Waals surface area contributed by atoms with Crippen LogP contribution in [0.2, 0.25) is 5.02 Å². The van der Waals surface area contributed by atoms with Gasteiger partial charge >= 0.3 is 5.69 Å². The Morgan fingerprint density at radius 1 is 1.00 bits per heavy atom. The van der Waals surface area contributed by atoms with Crippen LogP contribution in [0.3, 0.4) is 0 Å². The Morgan fingerprint density at radius 2 is 1.74 bits per heavy atom. The number of imidazole rings is 2. The van der Waals surface area contributed by atoms with Gasteiger partial charge in [-0.3, -0.25) is 22.9 Å². The molecule has 0 aliphatic rings. The van der Waals surface area contributed by atoms with Crippen molar-refractivity contribution in [3.05, 3.63) is 80.6 Å². The number of hydrogen-bond acceptors (Lipinski definition) is 4. The van der Waals surface area contributed by atoms with Gasteiger partial charge in [0.15, 0.2) is 11.2 Å². The molecule has 2 aromatic carbocycles. The lowest BCUT2D eigenvalue weighted by Gasteiger charge is -2.13. The second-order valence-electron chi connectivity index (χ2n) is 7.19. The minimum absolute atomic E-state index is 0.303. The molecule has 0 amide bonds. The highest BCUT2D eigenvalue weighted by Gasteiger charge is 2.23. The molecule has 0 atom stereocenters. The monoisotopic (exact) mass is 435 g/mol. The SMILES string of the molecule is COc1ccc(Cl)cc1-n1c(-c2ccccc2)cn2c3c(=O)n(C)c(=O)n(C)c3nc12. The Hall–Kier alpha value is -3.78. The fourth-order valence-electron chi connectivity index (χ4n) is 3.86. The maximum Gasteiger partial charge on any atom is 0.332 e. The van der Waals surface area contributed by atoms with Crippen molar-refractivity contribution in [2.45, 2.75) is 0 Å². The molecule has 31 heavy (non-hydrogen) atoms. The first kappa shape index (κ1) is 19.2. The first-order valence-corrected chi connectivity index (χ1v) is 9.89. The maximum absolute atomic E-state index is 13.0. The summed E-state index contributed by atoms with van der Waals surface area (Å²) in [6.45, 7) is 0. The highest BCUT2D eigenvalue weighted by atomic mass is 35.5. The standard InChI is InChI=1S/C22H18ClN5O3/c1-25-19-18(20(29)26(2)22(25)30)27-12-16(13-7-5-4-6-8-13)28(21(27)24-19)15-11-14(23)9-10-17(15)31-3/h4-12H,1-3H3. The van der Waals surface area contributed by atoms with E-state index in [2.05, 4.69) is 4.98 Å². The highest BCUT2D eigenvalue weighted by Crippen LogP contribution is 2.34. The molecule has 8 nitrogen and oxygen atoms in total. The van der Waals surface area contributed by atoms with Crippen LogP contribution in [-0.2, 0) is 14.1 Å². The molecule has 0 aliphatic carbocycles. The van der Waals surface area contributed by atoms with E-state index >= 15 is 0 Å². The van der Waals surface area contributed by atoms with E-state index in [0.717, 1.165) is 15.8 Å². The second kappa shape index (κ2) is 6.88. The lowest BCUT2D eigenvalue weighted by Crippen LogP contribution is -2.37. The average Bonchev–Trinajstić information content (AvgIpc) is 3.33. The van der Waals surface area contributed by atoms with Gasteiger partial charge in [-0.25, -0.2) is 4.79 Å². The Morgan fingerprint density at radius 3 is 2.45 bits per heavy atom. The summed E-state index contributed by atoms with van der Waals surface area (Å²) < 4.78 is 11.6. The Kier molecular flexibility index (Phi) is 4.26. The fourth-order valence-corrected chi connectivity index (χ4v) is 4.03. The van der Waals surface area contributed by atoms with Crippen LogP contribution in [0.5, 0.6) is 5.75 Å². The third-order valence-electron chi connectivity index (χ3n) is 5.42. The lowest BCUT2D eigenvalue weighted by atomic mass is 10.1. The summed E-state index contributed by atoms with van der Waals surface area (Å²) in [7, 11) is 4.63. The molecule has 0 N–H and O–H groups in total. The fraction of sp³-hybridized carbons (Fsp3) is 0.136. The second-order valence-corrected chi connectivity index (χ2v) is 7.63. The van der Waals surface area contributed by atoms with Crippen molar-refractivity contribution in [2.75, 3.05) is 7.11 Å². The molecule has 0 spiro atoms. The van der Waals surface area contributed by atoms with Gasteiger partial charge in [0.1, 0.15) is 5.75 Å².